The van der Waals surface area contributed by atoms with E-state index in [-0.39, 0.29) is 12.2 Å². The first-order chi connectivity index (χ1) is 14.5. The summed E-state index contributed by atoms with van der Waals surface area (Å²) in [6, 6.07) is 13.1. The third kappa shape index (κ3) is 3.57. The van der Waals surface area contributed by atoms with Crippen LogP contribution < -0.4 is 9.64 Å². The standard InChI is InChI=1S/C22H22N2O6/c1-28-21(26)17-9-16-15-8-14(25)11-24(22(27)29-2)18(15)10-19(20(16)23-17)30-12-13-6-4-3-5-7-13/h3-7,9-10,14,23,25H,8,11-12H2,1-2H3/t14-/m0/s1. The van der Waals surface area contributed by atoms with Gasteiger partial charge in [0, 0.05) is 17.9 Å². The van der Waals surface area contributed by atoms with Crippen LogP contribution in [0.3, 0.4) is 0 Å². The molecule has 156 valence electrons. The summed E-state index contributed by atoms with van der Waals surface area (Å²) < 4.78 is 15.8. The van der Waals surface area contributed by atoms with E-state index in [0.29, 0.717) is 35.4 Å². The lowest BCUT2D eigenvalue weighted by Gasteiger charge is -2.32. The van der Waals surface area contributed by atoms with Crippen LogP contribution in [0.2, 0.25) is 0 Å². The average Bonchev–Trinajstić information content (AvgIpc) is 3.23. The van der Waals surface area contributed by atoms with E-state index in [1.165, 1.54) is 19.1 Å². The number of amides is 1. The van der Waals surface area contributed by atoms with Crippen molar-refractivity contribution < 1.29 is 28.9 Å². The van der Waals surface area contributed by atoms with E-state index in [1.54, 1.807) is 12.1 Å². The van der Waals surface area contributed by atoms with Crippen molar-refractivity contribution in [2.24, 2.45) is 0 Å². The smallest absolute Gasteiger partial charge is 0.414 e. The molecule has 0 radical (unpaired) electrons. The van der Waals surface area contributed by atoms with Gasteiger partial charge in [-0.3, -0.25) is 4.90 Å². The van der Waals surface area contributed by atoms with Crippen LogP contribution in [0.25, 0.3) is 10.9 Å². The summed E-state index contributed by atoms with van der Waals surface area (Å²) in [4.78, 5) is 28.9. The number of carbonyl (C=O) groups is 2. The molecule has 30 heavy (non-hydrogen) atoms. The summed E-state index contributed by atoms with van der Waals surface area (Å²) in [5.41, 5.74) is 3.15. The zero-order valence-electron chi connectivity index (χ0n) is 16.7. The Balaban J connectivity index is 1.85. The van der Waals surface area contributed by atoms with Crippen LogP contribution in [0.5, 0.6) is 5.75 Å². The number of methoxy groups -OCH3 is 2. The fourth-order valence-corrected chi connectivity index (χ4v) is 3.73. The van der Waals surface area contributed by atoms with Crippen LogP contribution in [0.15, 0.2) is 42.5 Å². The minimum atomic E-state index is -0.757. The van der Waals surface area contributed by atoms with Crippen LogP contribution in [-0.2, 0) is 22.5 Å². The molecule has 0 spiro atoms. The Hall–Kier alpha value is -3.52. The van der Waals surface area contributed by atoms with Gasteiger partial charge in [0.1, 0.15) is 18.1 Å². The molecule has 0 saturated heterocycles. The highest BCUT2D eigenvalue weighted by Gasteiger charge is 2.31. The number of aromatic nitrogens is 1. The molecule has 1 aliphatic rings. The van der Waals surface area contributed by atoms with Crippen LogP contribution in [0.4, 0.5) is 10.5 Å². The van der Waals surface area contributed by atoms with Crippen LogP contribution in [0.1, 0.15) is 21.6 Å². The zero-order valence-corrected chi connectivity index (χ0v) is 16.7. The number of aliphatic hydroxyl groups excluding tert-OH is 1. The van der Waals surface area contributed by atoms with E-state index in [4.69, 9.17) is 14.2 Å². The first-order valence-electron chi connectivity index (χ1n) is 9.49. The fraction of sp³-hybridized carbons (Fsp3) is 0.273. The van der Waals surface area contributed by atoms with Gasteiger partial charge in [-0.2, -0.15) is 0 Å². The van der Waals surface area contributed by atoms with Gasteiger partial charge in [0.2, 0.25) is 0 Å². The number of carbonyl (C=O) groups excluding carboxylic acids is 2. The molecule has 0 aliphatic carbocycles. The molecule has 1 aliphatic heterocycles. The second-order valence-corrected chi connectivity index (χ2v) is 7.05. The van der Waals surface area contributed by atoms with Crippen LogP contribution >= 0.6 is 0 Å². The summed E-state index contributed by atoms with van der Waals surface area (Å²) in [6.45, 7) is 0.416. The van der Waals surface area contributed by atoms with Gasteiger partial charge in [0.15, 0.2) is 0 Å². The van der Waals surface area contributed by atoms with E-state index in [2.05, 4.69) is 4.98 Å². The van der Waals surface area contributed by atoms with Crippen molar-refractivity contribution in [1.29, 1.82) is 0 Å². The highest BCUT2D eigenvalue weighted by atomic mass is 16.5. The molecule has 0 unspecified atom stereocenters. The molecule has 8 nitrogen and oxygen atoms in total. The van der Waals surface area contributed by atoms with Gasteiger partial charge < -0.3 is 24.3 Å². The number of rotatable bonds is 4. The molecule has 1 atom stereocenters. The number of ether oxygens (including phenoxy) is 3. The molecule has 3 aromatic rings. The van der Waals surface area contributed by atoms with Gasteiger partial charge in [0.05, 0.1) is 38.1 Å². The van der Waals surface area contributed by atoms with Crippen LogP contribution in [0, 0.1) is 0 Å². The number of nitrogens with one attached hydrogen (secondary N) is 1. The van der Waals surface area contributed by atoms with Crippen molar-refractivity contribution in [1.82, 2.24) is 4.98 Å². The number of β-amino-alcohol motifs (C(OH)–C–C–N with tert-alkyl or cyclic N) is 1. The maximum absolute atomic E-state index is 12.3. The molecule has 2 N–H and O–H groups in total. The van der Waals surface area contributed by atoms with Crippen molar-refractivity contribution in [3.05, 3.63) is 59.3 Å². The Labute approximate surface area is 173 Å². The number of H-pyrrole nitrogens is 1. The number of aromatic amines is 1. The number of esters is 1. The predicted molar refractivity (Wildman–Crippen MR) is 110 cm³/mol. The number of aliphatic hydroxyl groups is 1. The van der Waals surface area contributed by atoms with Gasteiger partial charge in [-0.05, 0) is 17.2 Å². The summed E-state index contributed by atoms with van der Waals surface area (Å²) >= 11 is 0. The number of benzene rings is 2. The van der Waals surface area contributed by atoms with E-state index in [0.717, 1.165) is 11.1 Å². The molecular weight excluding hydrogens is 388 g/mol. The lowest BCUT2D eigenvalue weighted by Crippen LogP contribution is -2.42. The van der Waals surface area contributed by atoms with Crippen molar-refractivity contribution in [2.75, 3.05) is 25.7 Å². The van der Waals surface area contributed by atoms with E-state index in [1.807, 2.05) is 30.3 Å². The SMILES string of the molecule is COC(=O)c1cc2c3c(cc(OCc4ccccc4)c2[nH]1)N(C(=O)OC)C[C@@H](O)C3. The summed E-state index contributed by atoms with van der Waals surface area (Å²) in [7, 11) is 2.60. The highest BCUT2D eigenvalue weighted by Crippen LogP contribution is 2.40. The van der Waals surface area contributed by atoms with Crippen molar-refractivity contribution in [2.45, 2.75) is 19.1 Å². The topological polar surface area (TPSA) is 101 Å². The zero-order chi connectivity index (χ0) is 21.3. The van der Waals surface area contributed by atoms with Gasteiger partial charge >= 0.3 is 12.1 Å². The third-order valence-electron chi connectivity index (χ3n) is 5.13. The van der Waals surface area contributed by atoms with Gasteiger partial charge in [-0.1, -0.05) is 30.3 Å². The van der Waals surface area contributed by atoms with Crippen molar-refractivity contribution in [3.63, 3.8) is 0 Å². The molecule has 2 aromatic carbocycles. The molecule has 1 amide bonds. The highest BCUT2D eigenvalue weighted by molar-refractivity contribution is 6.03. The predicted octanol–water partition coefficient (Wildman–Crippen LogP) is 3.02. The second kappa shape index (κ2) is 8.08. The monoisotopic (exact) mass is 410 g/mol. The Morgan fingerprint density at radius 3 is 2.63 bits per heavy atom. The number of hydrogen-bond donors (Lipinski definition) is 2. The lowest BCUT2D eigenvalue weighted by molar-refractivity contribution is 0.0595. The lowest BCUT2D eigenvalue weighted by atomic mass is 9.96. The van der Waals surface area contributed by atoms with Crippen molar-refractivity contribution >= 4 is 28.7 Å². The molecular formula is C22H22N2O6. The maximum Gasteiger partial charge on any atom is 0.414 e. The second-order valence-electron chi connectivity index (χ2n) is 7.05. The van der Waals surface area contributed by atoms with Gasteiger partial charge in [0.25, 0.3) is 0 Å². The average molecular weight is 410 g/mol. The summed E-state index contributed by atoms with van der Waals surface area (Å²) in [6.07, 6.45) is -1.00. The Bertz CT molecular complexity index is 1090. The van der Waals surface area contributed by atoms with Crippen LogP contribution in [-0.4, -0.2) is 49.0 Å². The molecule has 8 heteroatoms. The molecule has 4 rings (SSSR count). The first-order valence-corrected chi connectivity index (χ1v) is 9.49. The molecule has 0 saturated carbocycles. The number of anilines is 1. The maximum atomic E-state index is 12.3. The number of fused-ring (bicyclic) bond motifs is 3. The molecule has 1 aromatic heterocycles. The van der Waals surface area contributed by atoms with E-state index >= 15 is 0 Å². The van der Waals surface area contributed by atoms with E-state index < -0.39 is 18.2 Å². The van der Waals surface area contributed by atoms with Gasteiger partial charge in [-0.25, -0.2) is 9.59 Å². The normalized spacial score (nSPS) is 15.6. The first kappa shape index (κ1) is 19.8. The van der Waals surface area contributed by atoms with E-state index in [9.17, 15) is 14.7 Å². The summed E-state index contributed by atoms with van der Waals surface area (Å²) in [5.74, 6) is -0.0387. The Morgan fingerprint density at radius 1 is 1.17 bits per heavy atom. The molecule has 0 fully saturated rings. The van der Waals surface area contributed by atoms with Crippen molar-refractivity contribution in [3.8, 4) is 5.75 Å². The van der Waals surface area contributed by atoms with Gasteiger partial charge in [-0.15, -0.1) is 0 Å². The minimum absolute atomic E-state index is 0.109. The Morgan fingerprint density at radius 2 is 1.93 bits per heavy atom. The molecule has 2 heterocycles. The number of hydrogen-bond acceptors (Lipinski definition) is 6. The third-order valence-corrected chi connectivity index (χ3v) is 5.13. The largest absolute Gasteiger partial charge is 0.487 e. The summed E-state index contributed by atoms with van der Waals surface area (Å²) in [5, 5.41) is 11.0. The fourth-order valence-electron chi connectivity index (χ4n) is 3.73. The quantitative estimate of drug-likeness (QED) is 0.641. The number of nitrogens with zero attached hydrogens (tertiary/aromatic N) is 1. The Kier molecular flexibility index (Phi) is 5.33. The minimum Gasteiger partial charge on any atom is -0.487 e. The molecule has 0 bridgehead atoms.